The molecule has 0 unspecified atom stereocenters. The second-order valence-electron chi connectivity index (χ2n) is 3.39. The topological polar surface area (TPSA) is 149 Å². The fourth-order valence-electron chi connectivity index (χ4n) is 1.27. The lowest BCUT2D eigenvalue weighted by atomic mass is 10.00. The molecule has 0 spiro atoms. The van der Waals surface area contributed by atoms with E-state index >= 15 is 0 Å². The molecule has 18 heavy (non-hydrogen) atoms. The van der Waals surface area contributed by atoms with Crippen LogP contribution in [0.4, 0.5) is 0 Å². The number of carboxylic acids is 4. The van der Waals surface area contributed by atoms with Crippen molar-refractivity contribution in [3.63, 3.8) is 0 Å². The van der Waals surface area contributed by atoms with Crippen LogP contribution in [0.1, 0.15) is 25.7 Å². The Balaban J connectivity index is 5.09. The number of carboxylic acid groups (broad SMARTS) is 4. The van der Waals surface area contributed by atoms with Crippen molar-refractivity contribution < 1.29 is 39.6 Å². The first-order chi connectivity index (χ1) is 8.25. The third-order valence-electron chi connectivity index (χ3n) is 2.03. The third-order valence-corrected chi connectivity index (χ3v) is 2.03. The number of hydrogen-bond acceptors (Lipinski definition) is 4. The Morgan fingerprint density at radius 2 is 1.17 bits per heavy atom. The number of aliphatic carboxylic acids is 4. The van der Waals surface area contributed by atoms with Gasteiger partial charge in [0.2, 0.25) is 0 Å². The second-order valence-corrected chi connectivity index (χ2v) is 3.39. The van der Waals surface area contributed by atoms with Gasteiger partial charge in [-0.3, -0.25) is 9.59 Å². The van der Waals surface area contributed by atoms with Gasteiger partial charge in [0, 0.05) is 12.0 Å². The molecular formula is C10H12O8. The maximum absolute atomic E-state index is 10.8. The van der Waals surface area contributed by atoms with Gasteiger partial charge in [-0.2, -0.15) is 0 Å². The van der Waals surface area contributed by atoms with E-state index in [1.807, 2.05) is 0 Å². The molecule has 8 heteroatoms. The van der Waals surface area contributed by atoms with Crippen molar-refractivity contribution in [1.82, 2.24) is 0 Å². The molecule has 4 N–H and O–H groups in total. The Bertz CT molecular complexity index is 406. The van der Waals surface area contributed by atoms with E-state index in [-0.39, 0.29) is 19.3 Å². The molecule has 0 aliphatic heterocycles. The number of rotatable bonds is 8. The van der Waals surface area contributed by atoms with E-state index in [4.69, 9.17) is 20.4 Å². The molecular weight excluding hydrogens is 248 g/mol. The second kappa shape index (κ2) is 7.05. The quantitative estimate of drug-likeness (QED) is 0.451. The average Bonchev–Trinajstić information content (AvgIpc) is 2.20. The monoisotopic (exact) mass is 260 g/mol. The van der Waals surface area contributed by atoms with Gasteiger partial charge in [0.05, 0.1) is 12.0 Å². The van der Waals surface area contributed by atoms with Crippen LogP contribution in [0.15, 0.2) is 11.1 Å². The lowest BCUT2D eigenvalue weighted by Crippen LogP contribution is -2.15. The van der Waals surface area contributed by atoms with Gasteiger partial charge in [-0.05, 0) is 12.8 Å². The summed E-state index contributed by atoms with van der Waals surface area (Å²) >= 11 is 0. The van der Waals surface area contributed by atoms with Crippen molar-refractivity contribution in [2.45, 2.75) is 25.7 Å². The van der Waals surface area contributed by atoms with Crippen molar-refractivity contribution in [1.29, 1.82) is 0 Å². The van der Waals surface area contributed by atoms with Gasteiger partial charge in [-0.1, -0.05) is 0 Å². The minimum Gasteiger partial charge on any atom is -0.481 e. The highest BCUT2D eigenvalue weighted by Crippen LogP contribution is 2.17. The predicted octanol–water partition coefficient (Wildman–Crippen LogP) is 0.182. The van der Waals surface area contributed by atoms with Gasteiger partial charge in [0.15, 0.2) is 0 Å². The molecule has 8 nitrogen and oxygen atoms in total. The largest absolute Gasteiger partial charge is 0.481 e. The summed E-state index contributed by atoms with van der Waals surface area (Å²) in [6.45, 7) is 0. The Morgan fingerprint density at radius 3 is 1.50 bits per heavy atom. The summed E-state index contributed by atoms with van der Waals surface area (Å²) in [7, 11) is 0. The summed E-state index contributed by atoms with van der Waals surface area (Å²) in [4.78, 5) is 42.3. The summed E-state index contributed by atoms with van der Waals surface area (Å²) in [5, 5.41) is 34.4. The normalized spacial score (nSPS) is 11.6. The molecule has 0 saturated heterocycles. The van der Waals surface area contributed by atoms with Crippen molar-refractivity contribution in [2.24, 2.45) is 0 Å². The molecule has 0 aliphatic rings. The molecule has 0 aromatic heterocycles. The standard InChI is InChI=1S/C10H12O8/c11-7(12)3-1-2-5(9(15)16)6(10(17)18)4-8(13)14/h1-4H2,(H,11,12)(H,13,14)(H,15,16)(H,17,18). The molecule has 0 heterocycles. The van der Waals surface area contributed by atoms with E-state index < -0.39 is 41.4 Å². The van der Waals surface area contributed by atoms with Crippen molar-refractivity contribution in [3.05, 3.63) is 11.1 Å². The van der Waals surface area contributed by atoms with Gasteiger partial charge in [0.1, 0.15) is 0 Å². The van der Waals surface area contributed by atoms with E-state index in [1.165, 1.54) is 0 Å². The van der Waals surface area contributed by atoms with Crippen molar-refractivity contribution >= 4 is 23.9 Å². The predicted molar refractivity (Wildman–Crippen MR) is 56.0 cm³/mol. The van der Waals surface area contributed by atoms with Gasteiger partial charge in [-0.25, -0.2) is 9.59 Å². The SMILES string of the molecule is O=C(O)CCCC(C(=O)O)=C(CC(=O)O)C(=O)O. The maximum Gasteiger partial charge on any atom is 0.332 e. The lowest BCUT2D eigenvalue weighted by molar-refractivity contribution is -0.140. The van der Waals surface area contributed by atoms with Crippen LogP contribution in [-0.2, 0) is 19.2 Å². The van der Waals surface area contributed by atoms with E-state index in [2.05, 4.69) is 0 Å². The van der Waals surface area contributed by atoms with E-state index in [0.717, 1.165) is 0 Å². The van der Waals surface area contributed by atoms with Crippen LogP contribution in [0.25, 0.3) is 0 Å². The first kappa shape index (κ1) is 15.6. The van der Waals surface area contributed by atoms with Gasteiger partial charge >= 0.3 is 23.9 Å². The molecule has 0 atom stereocenters. The Labute approximate surface area is 101 Å². The Kier molecular flexibility index (Phi) is 6.11. The van der Waals surface area contributed by atoms with Crippen LogP contribution < -0.4 is 0 Å². The summed E-state index contributed by atoms with van der Waals surface area (Å²) in [5.74, 6) is -5.80. The van der Waals surface area contributed by atoms with Crippen molar-refractivity contribution in [3.8, 4) is 0 Å². The average molecular weight is 260 g/mol. The van der Waals surface area contributed by atoms with Gasteiger partial charge in [-0.15, -0.1) is 0 Å². The lowest BCUT2D eigenvalue weighted by Gasteiger charge is -2.06. The zero-order valence-electron chi connectivity index (χ0n) is 9.25. The molecule has 0 bridgehead atoms. The summed E-state index contributed by atoms with van der Waals surface area (Å²) in [5.41, 5.74) is -1.31. The summed E-state index contributed by atoms with van der Waals surface area (Å²) in [6.07, 6.45) is -1.63. The third kappa shape index (κ3) is 5.64. The van der Waals surface area contributed by atoms with Crippen LogP contribution in [0.5, 0.6) is 0 Å². The fourth-order valence-corrected chi connectivity index (χ4v) is 1.27. The van der Waals surface area contributed by atoms with Crippen LogP contribution in [0.3, 0.4) is 0 Å². The highest BCUT2D eigenvalue weighted by atomic mass is 16.4. The number of hydrogen-bond donors (Lipinski definition) is 4. The van der Waals surface area contributed by atoms with E-state index in [9.17, 15) is 19.2 Å². The molecule has 0 amide bonds. The van der Waals surface area contributed by atoms with Crippen LogP contribution >= 0.6 is 0 Å². The molecule has 0 fully saturated rings. The highest BCUT2D eigenvalue weighted by Gasteiger charge is 2.22. The molecule has 0 radical (unpaired) electrons. The van der Waals surface area contributed by atoms with E-state index in [0.29, 0.717) is 0 Å². The van der Waals surface area contributed by atoms with Crippen LogP contribution in [0, 0.1) is 0 Å². The summed E-state index contributed by atoms with van der Waals surface area (Å²) in [6, 6.07) is 0. The molecule has 0 saturated carbocycles. The molecule has 0 aromatic rings. The zero-order chi connectivity index (χ0) is 14.3. The highest BCUT2D eigenvalue weighted by molar-refractivity contribution is 6.01. The van der Waals surface area contributed by atoms with Crippen molar-refractivity contribution in [2.75, 3.05) is 0 Å². The Hall–Kier alpha value is -2.38. The minimum atomic E-state index is -1.63. The zero-order valence-corrected chi connectivity index (χ0v) is 9.25. The van der Waals surface area contributed by atoms with Crippen LogP contribution in [0.2, 0.25) is 0 Å². The minimum absolute atomic E-state index is 0.0760. The summed E-state index contributed by atoms with van der Waals surface area (Å²) < 4.78 is 0. The maximum atomic E-state index is 10.8. The Morgan fingerprint density at radius 1 is 0.667 bits per heavy atom. The molecule has 100 valence electrons. The fraction of sp³-hybridized carbons (Fsp3) is 0.400. The smallest absolute Gasteiger partial charge is 0.332 e. The van der Waals surface area contributed by atoms with E-state index in [1.54, 1.807) is 0 Å². The first-order valence-electron chi connectivity index (χ1n) is 4.88. The molecule has 0 aromatic carbocycles. The first-order valence-corrected chi connectivity index (χ1v) is 4.88. The van der Waals surface area contributed by atoms with Gasteiger partial charge < -0.3 is 20.4 Å². The molecule has 0 aliphatic carbocycles. The molecule has 0 rings (SSSR count). The van der Waals surface area contributed by atoms with Gasteiger partial charge in [0.25, 0.3) is 0 Å². The van der Waals surface area contributed by atoms with Crippen LogP contribution in [-0.4, -0.2) is 44.3 Å². The number of carbonyl (C=O) groups is 4.